The number of para-hydroxylation sites is 1. The number of nitrogens with zero attached hydrogens (tertiary/aromatic N) is 4. The van der Waals surface area contributed by atoms with Gasteiger partial charge in [0.2, 0.25) is 0 Å². The summed E-state index contributed by atoms with van der Waals surface area (Å²) in [5, 5.41) is 21.1. The largest absolute Gasteiger partial charge is 0.338 e. The van der Waals surface area contributed by atoms with Gasteiger partial charge in [0.25, 0.3) is 17.2 Å². The van der Waals surface area contributed by atoms with Crippen molar-refractivity contribution in [2.24, 2.45) is 0 Å². The van der Waals surface area contributed by atoms with Crippen LogP contribution in [0.4, 0.5) is 5.69 Å². The molecule has 4 rings (SSSR count). The molecule has 2 heterocycles. The van der Waals surface area contributed by atoms with Crippen LogP contribution in [0.2, 0.25) is 5.02 Å². The predicted molar refractivity (Wildman–Crippen MR) is 126 cm³/mol. The van der Waals surface area contributed by atoms with Crippen LogP contribution in [0.25, 0.3) is 17.3 Å². The molecule has 0 spiro atoms. The molecule has 1 aromatic heterocycles. The van der Waals surface area contributed by atoms with Crippen LogP contribution in [0.15, 0.2) is 53.3 Å². The van der Waals surface area contributed by atoms with Gasteiger partial charge in [-0.3, -0.25) is 24.3 Å². The second-order valence-electron chi connectivity index (χ2n) is 7.35. The van der Waals surface area contributed by atoms with Crippen molar-refractivity contribution in [3.8, 4) is 11.8 Å². The van der Waals surface area contributed by atoms with E-state index in [1.54, 1.807) is 41.3 Å². The quantitative estimate of drug-likeness (QED) is 0.421. The zero-order valence-electron chi connectivity index (χ0n) is 17.2. The molecule has 0 unspecified atom stereocenters. The van der Waals surface area contributed by atoms with Gasteiger partial charge in [0, 0.05) is 19.2 Å². The summed E-state index contributed by atoms with van der Waals surface area (Å²) in [7, 11) is 0. The minimum atomic E-state index is -0.599. The Hall–Kier alpha value is -3.74. The number of aromatic nitrogens is 1. The molecule has 0 atom stereocenters. The maximum atomic E-state index is 13.4. The van der Waals surface area contributed by atoms with Gasteiger partial charge in [-0.05, 0) is 42.7 Å². The number of nitro benzene ring substituents is 1. The number of nitriles is 1. The highest BCUT2D eigenvalue weighted by molar-refractivity contribution is 7.07. The Morgan fingerprint density at radius 1 is 1.18 bits per heavy atom. The lowest BCUT2D eigenvalue weighted by Gasteiger charge is -2.14. The lowest BCUT2D eigenvalue weighted by atomic mass is 10.2. The van der Waals surface area contributed by atoms with E-state index in [1.807, 2.05) is 6.07 Å². The maximum absolute atomic E-state index is 13.4. The molecule has 1 saturated heterocycles. The van der Waals surface area contributed by atoms with Gasteiger partial charge in [0.05, 0.1) is 15.1 Å². The summed E-state index contributed by atoms with van der Waals surface area (Å²) >= 11 is 6.89. The molecule has 2 aromatic carbocycles. The SMILES string of the molecule is N#CC(C(=O)N1CCCC1)=c1sc(=Cc2ccc(Cl)c([N+](=O)[O-])c2)c(=O)n1-c1ccccc1. The lowest BCUT2D eigenvalue weighted by Crippen LogP contribution is -2.35. The molecule has 33 heavy (non-hydrogen) atoms. The van der Waals surface area contributed by atoms with Crippen LogP contribution in [-0.2, 0) is 4.79 Å². The van der Waals surface area contributed by atoms with E-state index in [9.17, 15) is 25.0 Å². The number of carbonyl (C=O) groups is 1. The summed E-state index contributed by atoms with van der Waals surface area (Å²) in [4.78, 5) is 38.7. The molecule has 3 aromatic rings. The van der Waals surface area contributed by atoms with Gasteiger partial charge >= 0.3 is 0 Å². The van der Waals surface area contributed by atoms with Crippen LogP contribution in [0, 0.1) is 21.4 Å². The van der Waals surface area contributed by atoms with Gasteiger partial charge in [-0.2, -0.15) is 5.26 Å². The van der Waals surface area contributed by atoms with Crippen molar-refractivity contribution in [1.29, 1.82) is 5.26 Å². The number of hydrogen-bond donors (Lipinski definition) is 0. The molecule has 0 aliphatic carbocycles. The van der Waals surface area contributed by atoms with Crippen LogP contribution >= 0.6 is 22.9 Å². The average Bonchev–Trinajstić information content (AvgIpc) is 3.45. The highest BCUT2D eigenvalue weighted by Gasteiger charge is 2.24. The van der Waals surface area contributed by atoms with Gasteiger partial charge in [-0.25, -0.2) is 0 Å². The van der Waals surface area contributed by atoms with Crippen LogP contribution in [0.3, 0.4) is 0 Å². The van der Waals surface area contributed by atoms with Gasteiger partial charge in [-0.1, -0.05) is 35.9 Å². The summed E-state index contributed by atoms with van der Waals surface area (Å²) in [5.41, 5.74) is 0.0995. The van der Waals surface area contributed by atoms with E-state index in [0.29, 0.717) is 24.3 Å². The molecule has 1 fully saturated rings. The molecule has 0 saturated carbocycles. The normalized spacial score (nSPS) is 14.8. The second kappa shape index (κ2) is 9.40. The molecular formula is C23H17ClN4O4S. The fraction of sp³-hybridized carbons (Fsp3) is 0.174. The molecule has 0 radical (unpaired) electrons. The monoisotopic (exact) mass is 480 g/mol. The van der Waals surface area contributed by atoms with Crippen molar-refractivity contribution in [2.45, 2.75) is 12.8 Å². The third-order valence-electron chi connectivity index (χ3n) is 5.24. The molecule has 166 valence electrons. The van der Waals surface area contributed by atoms with Gasteiger partial charge in [0.15, 0.2) is 5.57 Å². The first-order chi connectivity index (χ1) is 15.9. The molecule has 8 nitrogen and oxygen atoms in total. The lowest BCUT2D eigenvalue weighted by molar-refractivity contribution is -0.384. The first-order valence-electron chi connectivity index (χ1n) is 10.1. The Balaban J connectivity index is 2.00. The zero-order valence-corrected chi connectivity index (χ0v) is 18.8. The van der Waals surface area contributed by atoms with Crippen LogP contribution in [-0.4, -0.2) is 33.4 Å². The fourth-order valence-corrected chi connectivity index (χ4v) is 4.92. The number of likely N-dealkylation sites (tertiary alicyclic amines) is 1. The Labute approximate surface area is 197 Å². The standard InChI is InChI=1S/C23H17ClN4O4S/c24-18-9-8-15(12-19(18)28(31)32)13-20-22(30)27(16-6-2-1-3-7-16)23(33-20)17(14-25)21(29)26-10-4-5-11-26/h1-3,6-9,12-13H,4-5,10-11H2. The Kier molecular flexibility index (Phi) is 6.40. The zero-order chi connectivity index (χ0) is 23.5. The van der Waals surface area contributed by atoms with Gasteiger partial charge < -0.3 is 4.90 Å². The number of benzene rings is 2. The first kappa shape index (κ1) is 22.5. The van der Waals surface area contributed by atoms with Crippen molar-refractivity contribution in [1.82, 2.24) is 9.47 Å². The van der Waals surface area contributed by atoms with Crippen molar-refractivity contribution < 1.29 is 9.72 Å². The van der Waals surface area contributed by atoms with Crippen molar-refractivity contribution in [3.05, 3.63) is 88.8 Å². The Morgan fingerprint density at radius 3 is 2.52 bits per heavy atom. The number of halogens is 1. The van der Waals surface area contributed by atoms with Crippen LogP contribution < -0.4 is 14.8 Å². The maximum Gasteiger partial charge on any atom is 0.288 e. The number of amides is 1. The third kappa shape index (κ3) is 4.44. The highest BCUT2D eigenvalue weighted by atomic mass is 35.5. The second-order valence-corrected chi connectivity index (χ2v) is 8.78. The molecular weight excluding hydrogens is 464 g/mol. The molecule has 1 aliphatic heterocycles. The van der Waals surface area contributed by atoms with Crippen molar-refractivity contribution in [2.75, 3.05) is 13.1 Å². The molecule has 1 aliphatic rings. The number of thiazole rings is 1. The highest BCUT2D eigenvalue weighted by Crippen LogP contribution is 2.25. The van der Waals surface area contributed by atoms with E-state index in [-0.39, 0.29) is 25.5 Å². The molecule has 0 bridgehead atoms. The fourth-order valence-electron chi connectivity index (χ4n) is 3.64. The summed E-state index contributed by atoms with van der Waals surface area (Å²) < 4.78 is 1.79. The molecule has 0 N–H and O–H groups in total. The predicted octanol–water partition coefficient (Wildman–Crippen LogP) is 2.59. The molecule has 1 amide bonds. The van der Waals surface area contributed by atoms with E-state index in [1.165, 1.54) is 22.8 Å². The smallest absolute Gasteiger partial charge is 0.288 e. The van der Waals surface area contributed by atoms with Crippen LogP contribution in [0.5, 0.6) is 0 Å². The summed E-state index contributed by atoms with van der Waals surface area (Å²) in [6.07, 6.45) is 3.23. The Morgan fingerprint density at radius 2 is 1.88 bits per heavy atom. The minimum Gasteiger partial charge on any atom is -0.338 e. The number of nitro groups is 1. The van der Waals surface area contributed by atoms with E-state index in [0.717, 1.165) is 24.2 Å². The van der Waals surface area contributed by atoms with Gasteiger partial charge in [-0.15, -0.1) is 11.3 Å². The summed E-state index contributed by atoms with van der Waals surface area (Å²) in [6.45, 7) is 1.14. The summed E-state index contributed by atoms with van der Waals surface area (Å²) in [6, 6.07) is 14.9. The number of hydrogen-bond acceptors (Lipinski definition) is 6. The van der Waals surface area contributed by atoms with E-state index >= 15 is 0 Å². The Bertz CT molecular complexity index is 1460. The van der Waals surface area contributed by atoms with Crippen molar-refractivity contribution in [3.63, 3.8) is 0 Å². The molecule has 10 heteroatoms. The minimum absolute atomic E-state index is 0.0120. The third-order valence-corrected chi connectivity index (χ3v) is 6.65. The average molecular weight is 481 g/mol. The van der Waals surface area contributed by atoms with E-state index in [2.05, 4.69) is 0 Å². The number of carbonyl (C=O) groups excluding carboxylic acids is 1. The van der Waals surface area contributed by atoms with Crippen LogP contribution in [0.1, 0.15) is 18.4 Å². The number of rotatable bonds is 4. The van der Waals surface area contributed by atoms with Crippen molar-refractivity contribution >= 4 is 46.2 Å². The first-order valence-corrected chi connectivity index (χ1v) is 11.3. The van der Waals surface area contributed by atoms with E-state index in [4.69, 9.17) is 11.6 Å². The van der Waals surface area contributed by atoms with Gasteiger partial charge in [0.1, 0.15) is 15.8 Å². The summed E-state index contributed by atoms with van der Waals surface area (Å²) in [5.74, 6) is -0.408. The van der Waals surface area contributed by atoms with E-state index < -0.39 is 16.4 Å². The topological polar surface area (TPSA) is 109 Å².